The number of nitrogens with two attached hydrogens (primary N) is 1. The summed E-state index contributed by atoms with van der Waals surface area (Å²) in [5.74, 6) is -1.51. The smallest absolute Gasteiger partial charge is 0.320 e. The van der Waals surface area contributed by atoms with Crippen molar-refractivity contribution >= 4 is 24.3 Å². The van der Waals surface area contributed by atoms with E-state index in [4.69, 9.17) is 10.8 Å². The van der Waals surface area contributed by atoms with Gasteiger partial charge in [0, 0.05) is 6.42 Å². The number of rotatable bonds is 5. The summed E-state index contributed by atoms with van der Waals surface area (Å²) in [6.45, 7) is 2.00. The number of carboxylic acid groups (broad SMARTS) is 1. The molecule has 13 heavy (non-hydrogen) atoms. The highest BCUT2D eigenvalue weighted by atomic mass is 35.5. The number of carboxylic acids is 1. The van der Waals surface area contributed by atoms with Crippen molar-refractivity contribution in [2.75, 3.05) is 6.61 Å². The Morgan fingerprint density at radius 2 is 2.08 bits per heavy atom. The second kappa shape index (κ2) is 7.82. The van der Waals surface area contributed by atoms with Gasteiger partial charge in [0.25, 0.3) is 0 Å². The van der Waals surface area contributed by atoms with Crippen LogP contribution in [0.5, 0.6) is 0 Å². The lowest BCUT2D eigenvalue weighted by molar-refractivity contribution is -0.143. The van der Waals surface area contributed by atoms with Crippen molar-refractivity contribution in [1.29, 1.82) is 0 Å². The summed E-state index contributed by atoms with van der Waals surface area (Å²) in [7, 11) is 0. The Morgan fingerprint density at radius 3 is 2.46 bits per heavy atom. The third kappa shape index (κ3) is 7.55. The Bertz CT molecular complexity index is 174. The lowest BCUT2D eigenvalue weighted by atomic mass is 10.2. The molecule has 0 bridgehead atoms. The molecule has 0 fully saturated rings. The van der Waals surface area contributed by atoms with E-state index in [9.17, 15) is 9.59 Å². The molecule has 0 saturated heterocycles. The number of hydrogen-bond acceptors (Lipinski definition) is 4. The second-order valence-electron chi connectivity index (χ2n) is 2.29. The van der Waals surface area contributed by atoms with Gasteiger partial charge in [0.05, 0.1) is 6.61 Å². The van der Waals surface area contributed by atoms with Crippen LogP contribution in [0.1, 0.15) is 19.8 Å². The largest absolute Gasteiger partial charge is 0.480 e. The molecule has 0 aromatic carbocycles. The van der Waals surface area contributed by atoms with E-state index < -0.39 is 18.0 Å². The van der Waals surface area contributed by atoms with Crippen LogP contribution in [0, 0.1) is 0 Å². The van der Waals surface area contributed by atoms with E-state index >= 15 is 0 Å². The number of aliphatic carboxylic acids is 1. The topological polar surface area (TPSA) is 89.6 Å². The fourth-order valence-corrected chi connectivity index (χ4v) is 0.630. The van der Waals surface area contributed by atoms with Crippen molar-refractivity contribution in [3.63, 3.8) is 0 Å². The molecule has 0 radical (unpaired) electrons. The standard InChI is InChI=1S/C7H13NO4.ClH/c1-2-12-6(9)4-3-5(8)7(10)11;/h5H,2-4,8H2,1H3,(H,10,11);1H/t5-;/m0./s1. The zero-order valence-electron chi connectivity index (χ0n) is 7.36. The molecule has 1 atom stereocenters. The van der Waals surface area contributed by atoms with Crippen LogP contribution in [0.2, 0.25) is 0 Å². The van der Waals surface area contributed by atoms with Crippen molar-refractivity contribution in [1.82, 2.24) is 0 Å². The van der Waals surface area contributed by atoms with Gasteiger partial charge in [-0.1, -0.05) is 0 Å². The fourth-order valence-electron chi connectivity index (χ4n) is 0.630. The fraction of sp³-hybridized carbons (Fsp3) is 0.714. The van der Waals surface area contributed by atoms with Gasteiger partial charge in [-0.3, -0.25) is 9.59 Å². The molecule has 78 valence electrons. The zero-order valence-corrected chi connectivity index (χ0v) is 8.17. The van der Waals surface area contributed by atoms with Crippen LogP contribution in [0.3, 0.4) is 0 Å². The molecule has 0 saturated carbocycles. The molecule has 3 N–H and O–H groups in total. The van der Waals surface area contributed by atoms with Crippen molar-refractivity contribution in [3.05, 3.63) is 0 Å². The Labute approximate surface area is 82.7 Å². The van der Waals surface area contributed by atoms with Gasteiger partial charge in [0.2, 0.25) is 0 Å². The summed E-state index contributed by atoms with van der Waals surface area (Å²) in [5.41, 5.74) is 5.15. The van der Waals surface area contributed by atoms with E-state index in [-0.39, 0.29) is 25.2 Å². The molecule has 0 unspecified atom stereocenters. The second-order valence-corrected chi connectivity index (χ2v) is 2.29. The Kier molecular flexibility index (Phi) is 8.84. The van der Waals surface area contributed by atoms with Crippen molar-refractivity contribution in [3.8, 4) is 0 Å². The Hall–Kier alpha value is -0.810. The first-order valence-corrected chi connectivity index (χ1v) is 3.72. The lowest BCUT2D eigenvalue weighted by Crippen LogP contribution is -2.30. The summed E-state index contributed by atoms with van der Waals surface area (Å²) in [6, 6.07) is -0.977. The lowest BCUT2D eigenvalue weighted by Gasteiger charge is -2.04. The van der Waals surface area contributed by atoms with E-state index in [2.05, 4.69) is 4.74 Å². The number of halogens is 1. The van der Waals surface area contributed by atoms with Crippen molar-refractivity contribution in [2.24, 2.45) is 5.73 Å². The minimum Gasteiger partial charge on any atom is -0.480 e. The van der Waals surface area contributed by atoms with Gasteiger partial charge in [0.15, 0.2) is 0 Å². The predicted octanol–water partition coefficient (Wildman–Crippen LogP) is 0.163. The number of carbonyl (C=O) groups is 2. The van der Waals surface area contributed by atoms with Gasteiger partial charge in [-0.05, 0) is 13.3 Å². The summed E-state index contributed by atoms with van der Waals surface area (Å²) >= 11 is 0. The van der Waals surface area contributed by atoms with Crippen LogP contribution in [-0.4, -0.2) is 29.7 Å². The average Bonchev–Trinajstić information content (AvgIpc) is 2.00. The SMILES string of the molecule is CCOC(=O)CC[C@H](N)C(=O)O.Cl. The molecular formula is C7H14ClNO4. The number of ether oxygens (including phenoxy) is 1. The third-order valence-electron chi connectivity index (χ3n) is 1.28. The van der Waals surface area contributed by atoms with Gasteiger partial charge >= 0.3 is 11.9 Å². The molecule has 0 aromatic heterocycles. The maximum atomic E-state index is 10.7. The van der Waals surface area contributed by atoms with E-state index in [1.165, 1.54) is 0 Å². The molecule has 0 amide bonds. The first kappa shape index (κ1) is 14.7. The molecule has 0 aromatic rings. The van der Waals surface area contributed by atoms with Gasteiger partial charge in [-0.2, -0.15) is 0 Å². The summed E-state index contributed by atoms with van der Waals surface area (Å²) < 4.78 is 4.58. The molecular weight excluding hydrogens is 198 g/mol. The molecule has 0 spiro atoms. The molecule has 0 heterocycles. The van der Waals surface area contributed by atoms with E-state index in [0.717, 1.165) is 0 Å². The number of esters is 1. The van der Waals surface area contributed by atoms with Crippen LogP contribution in [0.25, 0.3) is 0 Å². The van der Waals surface area contributed by atoms with Crippen LogP contribution in [-0.2, 0) is 14.3 Å². The molecule has 5 nitrogen and oxygen atoms in total. The maximum absolute atomic E-state index is 10.7. The van der Waals surface area contributed by atoms with Gasteiger partial charge in [-0.25, -0.2) is 0 Å². The monoisotopic (exact) mass is 211 g/mol. The maximum Gasteiger partial charge on any atom is 0.320 e. The third-order valence-corrected chi connectivity index (χ3v) is 1.28. The highest BCUT2D eigenvalue weighted by Crippen LogP contribution is 1.96. The summed E-state index contributed by atoms with van der Waals surface area (Å²) in [6.07, 6.45) is 0.176. The van der Waals surface area contributed by atoms with Crippen LogP contribution < -0.4 is 5.73 Å². The minimum atomic E-state index is -1.10. The zero-order chi connectivity index (χ0) is 9.56. The summed E-state index contributed by atoms with van der Waals surface area (Å²) in [4.78, 5) is 20.9. The molecule has 0 aliphatic heterocycles. The first-order valence-electron chi connectivity index (χ1n) is 3.72. The predicted molar refractivity (Wildman–Crippen MR) is 48.7 cm³/mol. The van der Waals surface area contributed by atoms with Crippen LogP contribution >= 0.6 is 12.4 Å². The highest BCUT2D eigenvalue weighted by molar-refractivity contribution is 5.85. The Morgan fingerprint density at radius 1 is 1.54 bits per heavy atom. The Balaban J connectivity index is 0. The molecule has 0 rings (SSSR count). The first-order chi connectivity index (χ1) is 5.57. The van der Waals surface area contributed by atoms with Crippen molar-refractivity contribution < 1.29 is 19.4 Å². The molecule has 6 heteroatoms. The van der Waals surface area contributed by atoms with E-state index in [1.54, 1.807) is 6.92 Å². The van der Waals surface area contributed by atoms with Crippen LogP contribution in [0.4, 0.5) is 0 Å². The van der Waals surface area contributed by atoms with Crippen LogP contribution in [0.15, 0.2) is 0 Å². The minimum absolute atomic E-state index is 0. The highest BCUT2D eigenvalue weighted by Gasteiger charge is 2.13. The summed E-state index contributed by atoms with van der Waals surface area (Å²) in [5, 5.41) is 8.35. The number of hydrogen-bond donors (Lipinski definition) is 2. The van der Waals surface area contributed by atoms with Gasteiger partial charge in [-0.15, -0.1) is 12.4 Å². The molecule has 0 aliphatic carbocycles. The quantitative estimate of drug-likeness (QED) is 0.633. The van der Waals surface area contributed by atoms with Gasteiger partial charge in [0.1, 0.15) is 6.04 Å². The normalized spacial score (nSPS) is 11.2. The van der Waals surface area contributed by atoms with E-state index in [1.807, 2.05) is 0 Å². The van der Waals surface area contributed by atoms with E-state index in [0.29, 0.717) is 6.61 Å². The van der Waals surface area contributed by atoms with Crippen molar-refractivity contribution in [2.45, 2.75) is 25.8 Å². The van der Waals surface area contributed by atoms with Gasteiger partial charge < -0.3 is 15.6 Å². The molecule has 0 aliphatic rings. The average molecular weight is 212 g/mol. The number of carbonyl (C=O) groups excluding carboxylic acids is 1.